The maximum atomic E-state index is 11.3. The van der Waals surface area contributed by atoms with E-state index in [1.165, 1.54) is 19.3 Å². The molecule has 0 aromatic heterocycles. The topological polar surface area (TPSA) is 46.2 Å². The van der Waals surface area contributed by atoms with E-state index in [2.05, 4.69) is 19.2 Å². The van der Waals surface area contributed by atoms with Crippen molar-refractivity contribution in [2.75, 3.05) is 18.1 Å². The fraction of sp³-hybridized carbons (Fsp3) is 1.00. The minimum absolute atomic E-state index is 0.266. The average molecular weight is 247 g/mol. The molecule has 0 aromatic rings. The van der Waals surface area contributed by atoms with Gasteiger partial charge < -0.3 is 5.32 Å². The Morgan fingerprint density at radius 3 is 2.56 bits per heavy atom. The van der Waals surface area contributed by atoms with E-state index in [1.54, 1.807) is 6.92 Å². The molecule has 1 saturated carbocycles. The molecule has 1 aliphatic carbocycles. The van der Waals surface area contributed by atoms with Gasteiger partial charge in [-0.05, 0) is 31.2 Å². The molecule has 4 heteroatoms. The fourth-order valence-electron chi connectivity index (χ4n) is 2.42. The Morgan fingerprint density at radius 2 is 2.06 bits per heavy atom. The van der Waals surface area contributed by atoms with Crippen LogP contribution >= 0.6 is 0 Å². The van der Waals surface area contributed by atoms with Crippen LogP contribution in [0.4, 0.5) is 0 Å². The Balaban J connectivity index is 2.22. The molecule has 0 aromatic carbocycles. The highest BCUT2D eigenvalue weighted by atomic mass is 32.2. The molecule has 1 unspecified atom stereocenters. The van der Waals surface area contributed by atoms with Crippen LogP contribution in [0.2, 0.25) is 0 Å². The molecule has 1 aliphatic rings. The van der Waals surface area contributed by atoms with Gasteiger partial charge in [0.25, 0.3) is 0 Å². The van der Waals surface area contributed by atoms with Gasteiger partial charge in [-0.15, -0.1) is 0 Å². The predicted octanol–water partition coefficient (Wildman–Crippen LogP) is 1.98. The lowest BCUT2D eigenvalue weighted by Crippen LogP contribution is -2.38. The number of hydrogen-bond acceptors (Lipinski definition) is 3. The predicted molar refractivity (Wildman–Crippen MR) is 68.4 cm³/mol. The van der Waals surface area contributed by atoms with Gasteiger partial charge in [-0.3, -0.25) is 0 Å². The molecule has 1 atom stereocenters. The van der Waals surface area contributed by atoms with E-state index in [4.69, 9.17) is 0 Å². The number of nitrogens with one attached hydrogen (secondary N) is 1. The monoisotopic (exact) mass is 247 g/mol. The quantitative estimate of drug-likeness (QED) is 0.730. The number of rotatable bonds is 6. The first-order valence-electron chi connectivity index (χ1n) is 6.31. The highest BCUT2D eigenvalue weighted by molar-refractivity contribution is 7.91. The van der Waals surface area contributed by atoms with Crippen molar-refractivity contribution in [2.45, 2.75) is 52.5 Å². The summed E-state index contributed by atoms with van der Waals surface area (Å²) in [6.07, 6.45) is 4.53. The van der Waals surface area contributed by atoms with Crippen molar-refractivity contribution in [3.05, 3.63) is 0 Å². The molecule has 0 saturated heterocycles. The normalized spacial score (nSPS) is 24.8. The van der Waals surface area contributed by atoms with E-state index in [-0.39, 0.29) is 5.75 Å². The molecule has 0 aliphatic heterocycles. The van der Waals surface area contributed by atoms with Gasteiger partial charge in [-0.2, -0.15) is 0 Å². The Morgan fingerprint density at radius 1 is 1.38 bits per heavy atom. The third-order valence-electron chi connectivity index (χ3n) is 3.72. The lowest BCUT2D eigenvalue weighted by Gasteiger charge is -2.27. The average Bonchev–Trinajstić information content (AvgIpc) is 2.53. The third kappa shape index (κ3) is 4.06. The van der Waals surface area contributed by atoms with Gasteiger partial charge in [0.05, 0.1) is 5.75 Å². The minimum atomic E-state index is -2.78. The smallest absolute Gasteiger partial charge is 0.150 e. The first-order valence-corrected chi connectivity index (χ1v) is 8.13. The Hall–Kier alpha value is -0.0900. The van der Waals surface area contributed by atoms with Crippen molar-refractivity contribution >= 4 is 9.84 Å². The molecule has 0 amide bonds. The highest BCUT2D eigenvalue weighted by Gasteiger charge is 2.33. The molecule has 0 radical (unpaired) electrons. The molecule has 1 fully saturated rings. The second kappa shape index (κ2) is 5.50. The fourth-order valence-corrected chi connectivity index (χ4v) is 3.29. The zero-order valence-electron chi connectivity index (χ0n) is 10.8. The summed E-state index contributed by atoms with van der Waals surface area (Å²) in [6, 6.07) is 0.567. The standard InChI is InChI=1S/C12H25NO2S/c1-4-16(14,15)10-6-9-13-11-7-5-8-12(11,2)3/h11,13H,4-10H2,1-3H3. The van der Waals surface area contributed by atoms with Crippen molar-refractivity contribution in [3.8, 4) is 0 Å². The molecule has 0 bridgehead atoms. The second-order valence-electron chi connectivity index (χ2n) is 5.48. The summed E-state index contributed by atoms with van der Waals surface area (Å²) in [6.45, 7) is 7.12. The zero-order chi connectivity index (χ0) is 12.2. The summed E-state index contributed by atoms with van der Waals surface area (Å²) in [4.78, 5) is 0. The van der Waals surface area contributed by atoms with E-state index < -0.39 is 9.84 Å². The first kappa shape index (κ1) is 14.0. The summed E-state index contributed by atoms with van der Waals surface area (Å²) in [7, 11) is -2.78. The maximum absolute atomic E-state index is 11.3. The largest absolute Gasteiger partial charge is 0.313 e. The lowest BCUT2D eigenvalue weighted by atomic mass is 9.87. The van der Waals surface area contributed by atoms with Crippen molar-refractivity contribution in [1.29, 1.82) is 0 Å². The van der Waals surface area contributed by atoms with Crippen LogP contribution in [-0.4, -0.2) is 32.5 Å². The van der Waals surface area contributed by atoms with Gasteiger partial charge in [-0.25, -0.2) is 8.42 Å². The van der Waals surface area contributed by atoms with E-state index in [0.717, 1.165) is 13.0 Å². The van der Waals surface area contributed by atoms with Gasteiger partial charge in [0.2, 0.25) is 0 Å². The zero-order valence-corrected chi connectivity index (χ0v) is 11.6. The van der Waals surface area contributed by atoms with Crippen molar-refractivity contribution in [3.63, 3.8) is 0 Å². The molecule has 3 nitrogen and oxygen atoms in total. The molecular formula is C12H25NO2S. The molecule has 96 valence electrons. The van der Waals surface area contributed by atoms with Gasteiger partial charge >= 0.3 is 0 Å². The molecule has 1 rings (SSSR count). The van der Waals surface area contributed by atoms with Gasteiger partial charge in [0, 0.05) is 11.8 Å². The van der Waals surface area contributed by atoms with Crippen LogP contribution in [0.5, 0.6) is 0 Å². The second-order valence-corrected chi connectivity index (χ2v) is 7.95. The van der Waals surface area contributed by atoms with Crippen LogP contribution in [0.3, 0.4) is 0 Å². The van der Waals surface area contributed by atoms with Gasteiger partial charge in [0.15, 0.2) is 0 Å². The molecular weight excluding hydrogens is 222 g/mol. The summed E-state index contributed by atoms with van der Waals surface area (Å²) >= 11 is 0. The lowest BCUT2D eigenvalue weighted by molar-refractivity contribution is 0.285. The van der Waals surface area contributed by atoms with Crippen LogP contribution in [-0.2, 0) is 9.84 Å². The first-order chi connectivity index (χ1) is 7.37. The third-order valence-corrected chi connectivity index (χ3v) is 5.51. The van der Waals surface area contributed by atoms with Crippen LogP contribution < -0.4 is 5.32 Å². The molecule has 0 heterocycles. The Kier molecular flexibility index (Phi) is 4.80. The van der Waals surface area contributed by atoms with Crippen molar-refractivity contribution in [2.24, 2.45) is 5.41 Å². The molecule has 16 heavy (non-hydrogen) atoms. The van der Waals surface area contributed by atoms with Crippen LogP contribution in [0.15, 0.2) is 0 Å². The maximum Gasteiger partial charge on any atom is 0.150 e. The van der Waals surface area contributed by atoms with Gasteiger partial charge in [0.1, 0.15) is 9.84 Å². The summed E-state index contributed by atoms with van der Waals surface area (Å²) in [5.41, 5.74) is 0.379. The molecule has 0 spiro atoms. The number of sulfone groups is 1. The van der Waals surface area contributed by atoms with Crippen LogP contribution in [0.1, 0.15) is 46.5 Å². The summed E-state index contributed by atoms with van der Waals surface area (Å²) in [5.74, 6) is 0.589. The van der Waals surface area contributed by atoms with Crippen LogP contribution in [0, 0.1) is 5.41 Å². The highest BCUT2D eigenvalue weighted by Crippen LogP contribution is 2.36. The summed E-state index contributed by atoms with van der Waals surface area (Å²) in [5, 5.41) is 3.50. The van der Waals surface area contributed by atoms with Crippen molar-refractivity contribution < 1.29 is 8.42 Å². The minimum Gasteiger partial charge on any atom is -0.313 e. The van der Waals surface area contributed by atoms with E-state index in [0.29, 0.717) is 17.2 Å². The SMILES string of the molecule is CCS(=O)(=O)CCCNC1CCCC1(C)C. The van der Waals surface area contributed by atoms with Crippen LogP contribution in [0.25, 0.3) is 0 Å². The van der Waals surface area contributed by atoms with E-state index in [1.807, 2.05) is 0 Å². The Bertz CT molecular complexity index is 309. The summed E-state index contributed by atoms with van der Waals surface area (Å²) < 4.78 is 22.6. The van der Waals surface area contributed by atoms with Gasteiger partial charge in [-0.1, -0.05) is 27.2 Å². The molecule has 1 N–H and O–H groups in total. The van der Waals surface area contributed by atoms with E-state index in [9.17, 15) is 8.42 Å². The van der Waals surface area contributed by atoms with Crippen molar-refractivity contribution in [1.82, 2.24) is 5.32 Å². The van der Waals surface area contributed by atoms with E-state index >= 15 is 0 Å². The Labute approximate surface area is 99.9 Å². The number of hydrogen-bond donors (Lipinski definition) is 1.